The van der Waals surface area contributed by atoms with Crippen LogP contribution < -0.4 is 0 Å². The summed E-state index contributed by atoms with van der Waals surface area (Å²) in [5.74, 6) is 0.448. The van der Waals surface area contributed by atoms with Crippen LogP contribution in [0, 0.1) is 0 Å². The predicted molar refractivity (Wildman–Crippen MR) is 28.9 cm³/mol. The Bertz CT molecular complexity index is 54.7. The van der Waals surface area contributed by atoms with Crippen LogP contribution in [0.3, 0.4) is 0 Å². The van der Waals surface area contributed by atoms with Gasteiger partial charge in [0.2, 0.25) is 0 Å². The Balaban J connectivity index is 2.93. The van der Waals surface area contributed by atoms with Gasteiger partial charge in [0, 0.05) is 0 Å². The molecule has 0 rings (SSSR count). The maximum atomic E-state index is 4.19. The Kier molecular flexibility index (Phi) is 4.27. The summed E-state index contributed by atoms with van der Waals surface area (Å²) < 4.78 is 0. The zero-order chi connectivity index (χ0) is 4.12. The maximum absolute atomic E-state index is 4.19. The van der Waals surface area contributed by atoms with E-state index in [1.165, 1.54) is 0 Å². The van der Waals surface area contributed by atoms with Gasteiger partial charge in [-0.3, -0.25) is 0 Å². The number of thiol groups is 1. The van der Waals surface area contributed by atoms with Crippen molar-refractivity contribution in [1.29, 1.82) is 0 Å². The summed E-state index contributed by atoms with van der Waals surface area (Å²) in [6.07, 6.45) is 0. The molecule has 0 aromatic rings. The first kappa shape index (κ1) is 5.15. The van der Waals surface area contributed by atoms with E-state index in [1.54, 1.807) is 0 Å². The molecule has 0 fully saturated rings. The Morgan fingerprint density at radius 3 is 2.60 bits per heavy atom. The average Bonchev–Trinajstić information content (AvgIpc) is 1.41. The summed E-state index contributed by atoms with van der Waals surface area (Å²) in [6, 6.07) is 0. The van der Waals surface area contributed by atoms with E-state index in [0.29, 0.717) is 5.88 Å². The van der Waals surface area contributed by atoms with Gasteiger partial charge in [0.1, 0.15) is 0 Å². The normalized spacial score (nSPS) is 5.80. The average molecular weight is 105 g/mol. The van der Waals surface area contributed by atoms with E-state index in [1.807, 2.05) is 0 Å². The van der Waals surface area contributed by atoms with Crippen LogP contribution in [0.15, 0.2) is 4.99 Å². The Morgan fingerprint density at radius 1 is 2.00 bits per heavy atom. The molecule has 0 amide bonds. The molecule has 0 bridgehead atoms. The standard InChI is InChI=1S/C2H3NS2/c4-1-3-2-5/h4H,1H2. The summed E-state index contributed by atoms with van der Waals surface area (Å²) in [4.78, 5) is 3.40. The predicted octanol–water partition coefficient (Wildman–Crippen LogP) is 0.976. The van der Waals surface area contributed by atoms with Gasteiger partial charge in [-0.25, -0.2) is 4.99 Å². The summed E-state index contributed by atoms with van der Waals surface area (Å²) in [5.41, 5.74) is 0. The zero-order valence-corrected chi connectivity index (χ0v) is 4.22. The molecule has 0 radical (unpaired) electrons. The molecule has 0 saturated carbocycles. The molecule has 0 aliphatic heterocycles. The van der Waals surface area contributed by atoms with E-state index in [2.05, 4.69) is 35.0 Å². The Labute approximate surface area is 41.5 Å². The molecular weight excluding hydrogens is 102 g/mol. The highest BCUT2D eigenvalue weighted by Gasteiger charge is 1.49. The lowest BCUT2D eigenvalue weighted by Gasteiger charge is -1.60. The fourth-order valence-electron chi connectivity index (χ4n) is 0.0289. The highest BCUT2D eigenvalue weighted by atomic mass is 32.1. The molecule has 5 heavy (non-hydrogen) atoms. The molecule has 1 nitrogen and oxygen atoms in total. The first-order valence-electron chi connectivity index (χ1n) is 1.06. The summed E-state index contributed by atoms with van der Waals surface area (Å²) >= 11 is 7.89. The van der Waals surface area contributed by atoms with Crippen LogP contribution >= 0.6 is 24.8 Å². The van der Waals surface area contributed by atoms with Crippen LogP contribution in [0.1, 0.15) is 0 Å². The number of nitrogens with zero attached hydrogens (tertiary/aromatic N) is 1. The second-order valence-corrected chi connectivity index (χ2v) is 0.856. The van der Waals surface area contributed by atoms with E-state index in [0.717, 1.165) is 0 Å². The first-order valence-corrected chi connectivity index (χ1v) is 2.10. The van der Waals surface area contributed by atoms with Crippen LogP contribution in [0.4, 0.5) is 0 Å². The third-order valence-electron chi connectivity index (χ3n) is 0.135. The molecule has 0 aliphatic rings. The van der Waals surface area contributed by atoms with Gasteiger partial charge in [-0.15, -0.1) is 0 Å². The minimum atomic E-state index is 0.448. The fourth-order valence-corrected chi connectivity index (χ4v) is 0.260. The molecule has 0 unspecified atom stereocenters. The first-order chi connectivity index (χ1) is 2.41. The number of isothiocyanates is 1. The van der Waals surface area contributed by atoms with Gasteiger partial charge < -0.3 is 0 Å². The van der Waals surface area contributed by atoms with Crippen molar-refractivity contribution in [3.05, 3.63) is 0 Å². The van der Waals surface area contributed by atoms with Gasteiger partial charge in [-0.05, 0) is 12.2 Å². The van der Waals surface area contributed by atoms with Crippen molar-refractivity contribution in [1.82, 2.24) is 0 Å². The monoisotopic (exact) mass is 105 g/mol. The summed E-state index contributed by atoms with van der Waals surface area (Å²) in [5, 5.41) is 2.15. The van der Waals surface area contributed by atoms with Crippen molar-refractivity contribution in [3.63, 3.8) is 0 Å². The highest BCUT2D eigenvalue weighted by molar-refractivity contribution is 7.80. The third-order valence-corrected chi connectivity index (χ3v) is 0.406. The van der Waals surface area contributed by atoms with Crippen LogP contribution in [0.25, 0.3) is 0 Å². The van der Waals surface area contributed by atoms with Gasteiger partial charge in [0.25, 0.3) is 0 Å². The topological polar surface area (TPSA) is 12.4 Å². The van der Waals surface area contributed by atoms with Gasteiger partial charge in [-0.2, -0.15) is 12.6 Å². The molecule has 0 N–H and O–H groups in total. The van der Waals surface area contributed by atoms with Crippen LogP contribution in [0.5, 0.6) is 0 Å². The molecule has 0 spiro atoms. The minimum Gasteiger partial charge on any atom is -0.222 e. The van der Waals surface area contributed by atoms with E-state index in [9.17, 15) is 0 Å². The van der Waals surface area contributed by atoms with Gasteiger partial charge in [0.15, 0.2) is 0 Å². The van der Waals surface area contributed by atoms with Crippen LogP contribution in [-0.4, -0.2) is 11.0 Å². The van der Waals surface area contributed by atoms with Crippen molar-refractivity contribution in [3.8, 4) is 0 Å². The number of rotatable bonds is 1. The maximum Gasteiger partial charge on any atom is 0.0918 e. The van der Waals surface area contributed by atoms with Crippen LogP contribution in [-0.2, 0) is 0 Å². The highest BCUT2D eigenvalue weighted by Crippen LogP contribution is 1.66. The number of hydrogen-bond acceptors (Lipinski definition) is 3. The number of thiocarbonyl (C=S) groups is 1. The molecular formula is C2H3NS2. The molecule has 0 aliphatic carbocycles. The molecule has 0 aromatic carbocycles. The van der Waals surface area contributed by atoms with Gasteiger partial charge in [0.05, 0.1) is 11.0 Å². The van der Waals surface area contributed by atoms with Crippen LogP contribution in [0.2, 0.25) is 0 Å². The number of aliphatic imine (C=N–C) groups is 1. The van der Waals surface area contributed by atoms with E-state index >= 15 is 0 Å². The second-order valence-electron chi connectivity index (χ2n) is 0.391. The van der Waals surface area contributed by atoms with Gasteiger partial charge in [-0.1, -0.05) is 0 Å². The SMILES string of the molecule is S=C=NCS. The Hall–Kier alpha value is 0.150. The lowest BCUT2D eigenvalue weighted by Crippen LogP contribution is -1.51. The van der Waals surface area contributed by atoms with Crippen molar-refractivity contribution in [2.75, 3.05) is 5.88 Å². The van der Waals surface area contributed by atoms with Crippen molar-refractivity contribution >= 4 is 30.0 Å². The van der Waals surface area contributed by atoms with Crippen molar-refractivity contribution in [2.45, 2.75) is 0 Å². The lowest BCUT2D eigenvalue weighted by atomic mass is 11.4. The van der Waals surface area contributed by atoms with E-state index in [-0.39, 0.29) is 0 Å². The zero-order valence-electron chi connectivity index (χ0n) is 2.51. The van der Waals surface area contributed by atoms with Crippen molar-refractivity contribution < 1.29 is 0 Å². The molecule has 0 atom stereocenters. The second kappa shape index (κ2) is 4.15. The quantitative estimate of drug-likeness (QED) is 0.298. The molecule has 0 saturated heterocycles. The van der Waals surface area contributed by atoms with Gasteiger partial charge >= 0.3 is 0 Å². The summed E-state index contributed by atoms with van der Waals surface area (Å²) in [7, 11) is 0. The summed E-state index contributed by atoms with van der Waals surface area (Å²) in [6.45, 7) is 0. The smallest absolute Gasteiger partial charge is 0.0918 e. The largest absolute Gasteiger partial charge is 0.222 e. The molecule has 3 heteroatoms. The van der Waals surface area contributed by atoms with E-state index in [4.69, 9.17) is 0 Å². The third kappa shape index (κ3) is 4.15. The minimum absolute atomic E-state index is 0.448. The molecule has 0 aromatic heterocycles. The molecule has 28 valence electrons. The number of hydrogen-bond donors (Lipinski definition) is 1. The fraction of sp³-hybridized carbons (Fsp3) is 0.500. The lowest BCUT2D eigenvalue weighted by molar-refractivity contribution is 1.43. The van der Waals surface area contributed by atoms with E-state index < -0.39 is 0 Å². The van der Waals surface area contributed by atoms with Crippen molar-refractivity contribution in [2.24, 2.45) is 4.99 Å². The Morgan fingerprint density at radius 2 is 2.60 bits per heavy atom. The molecule has 0 heterocycles.